The zero-order valence-corrected chi connectivity index (χ0v) is 14.4. The van der Waals surface area contributed by atoms with Gasteiger partial charge in [0.25, 0.3) is 0 Å². The minimum absolute atomic E-state index is 0.0172. The number of hydrogen-bond acceptors (Lipinski definition) is 5. The summed E-state index contributed by atoms with van der Waals surface area (Å²) in [5, 5.41) is 5.44. The minimum atomic E-state index is -0.169. The second-order valence-corrected chi connectivity index (χ2v) is 4.88. The van der Waals surface area contributed by atoms with Gasteiger partial charge in [-0.1, -0.05) is 12.7 Å². The topological polar surface area (TPSA) is 85.9 Å². The van der Waals surface area contributed by atoms with Crippen LogP contribution >= 0.6 is 0 Å². The zero-order chi connectivity index (χ0) is 17.9. The van der Waals surface area contributed by atoms with Crippen LogP contribution in [0, 0.1) is 0 Å². The lowest BCUT2D eigenvalue weighted by Crippen LogP contribution is -2.24. The van der Waals surface area contributed by atoms with Gasteiger partial charge in [0, 0.05) is 32.7 Å². The van der Waals surface area contributed by atoms with Crippen molar-refractivity contribution in [2.24, 2.45) is 0 Å². The van der Waals surface area contributed by atoms with E-state index in [1.165, 1.54) is 6.08 Å². The Hall–Kier alpha value is -1.70. The summed E-state index contributed by atoms with van der Waals surface area (Å²) in [6, 6.07) is 0. The molecule has 0 aromatic carbocycles. The van der Waals surface area contributed by atoms with E-state index >= 15 is 0 Å². The highest BCUT2D eigenvalue weighted by molar-refractivity contribution is 5.86. The largest absolute Gasteiger partial charge is 0.379 e. The summed E-state index contributed by atoms with van der Waals surface area (Å²) in [5.41, 5.74) is 0. The molecule has 0 aliphatic heterocycles. The van der Waals surface area contributed by atoms with Gasteiger partial charge < -0.3 is 24.8 Å². The fraction of sp³-hybridized carbons (Fsp3) is 0.647. The summed E-state index contributed by atoms with van der Waals surface area (Å²) in [6.45, 7) is 11.3. The molecule has 0 aromatic heterocycles. The van der Waals surface area contributed by atoms with E-state index in [9.17, 15) is 9.59 Å². The summed E-state index contributed by atoms with van der Waals surface area (Å²) in [5.74, 6) is -0.186. The van der Waals surface area contributed by atoms with Crippen molar-refractivity contribution >= 4 is 11.8 Å². The molecule has 0 radical (unpaired) electrons. The lowest BCUT2D eigenvalue weighted by molar-refractivity contribution is -0.120. The van der Waals surface area contributed by atoms with Gasteiger partial charge in [-0.3, -0.25) is 9.59 Å². The number of ether oxygens (including phenoxy) is 3. The molecular weight excluding hydrogens is 312 g/mol. The summed E-state index contributed by atoms with van der Waals surface area (Å²) in [7, 11) is 0. The average molecular weight is 342 g/mol. The molecule has 0 rings (SSSR count). The maximum atomic E-state index is 11.1. The molecule has 0 unspecified atom stereocenters. The van der Waals surface area contributed by atoms with Crippen molar-refractivity contribution in [2.45, 2.75) is 19.3 Å². The number of hydrogen-bond donors (Lipinski definition) is 2. The number of carbonyl (C=O) groups excluding carboxylic acids is 2. The number of amides is 2. The Morgan fingerprint density at radius 2 is 1.29 bits per heavy atom. The van der Waals surface area contributed by atoms with Crippen LogP contribution in [0.2, 0.25) is 0 Å². The normalized spacial score (nSPS) is 10.2. The molecule has 0 saturated carbocycles. The van der Waals surface area contributed by atoms with Crippen molar-refractivity contribution in [3.8, 4) is 0 Å². The molecule has 24 heavy (non-hydrogen) atoms. The monoisotopic (exact) mass is 342 g/mol. The Morgan fingerprint density at radius 3 is 1.79 bits per heavy atom. The molecule has 0 fully saturated rings. The van der Waals surface area contributed by atoms with E-state index in [-0.39, 0.29) is 11.8 Å². The maximum absolute atomic E-state index is 11.1. The van der Waals surface area contributed by atoms with Gasteiger partial charge in [0.1, 0.15) is 0 Å². The maximum Gasteiger partial charge on any atom is 0.243 e. The van der Waals surface area contributed by atoms with Gasteiger partial charge in [-0.25, -0.2) is 0 Å². The molecule has 2 amide bonds. The van der Waals surface area contributed by atoms with Crippen molar-refractivity contribution in [1.29, 1.82) is 0 Å². The smallest absolute Gasteiger partial charge is 0.243 e. The standard InChI is InChI=1S/C17H30N2O5/c1-3-7-17(21)19-9-6-11-23-13-15-24-14-12-22-10-5-8-18-16(20)4-2/h3-4H,1-2,5-15H2,(H,18,20)(H,19,21). The predicted molar refractivity (Wildman–Crippen MR) is 92.7 cm³/mol. The Morgan fingerprint density at radius 1 is 0.792 bits per heavy atom. The van der Waals surface area contributed by atoms with Crippen molar-refractivity contribution in [3.63, 3.8) is 0 Å². The molecule has 0 spiro atoms. The number of nitrogens with one attached hydrogen (secondary N) is 2. The molecule has 0 aromatic rings. The van der Waals surface area contributed by atoms with Gasteiger partial charge >= 0.3 is 0 Å². The van der Waals surface area contributed by atoms with Crippen LogP contribution in [0.4, 0.5) is 0 Å². The van der Waals surface area contributed by atoms with Crippen LogP contribution in [0.1, 0.15) is 19.3 Å². The Kier molecular flexibility index (Phi) is 16.4. The van der Waals surface area contributed by atoms with Gasteiger partial charge in [0.2, 0.25) is 11.8 Å². The molecule has 138 valence electrons. The van der Waals surface area contributed by atoms with Crippen LogP contribution in [0.15, 0.2) is 25.3 Å². The molecule has 2 N–H and O–H groups in total. The van der Waals surface area contributed by atoms with Gasteiger partial charge in [-0.2, -0.15) is 0 Å². The van der Waals surface area contributed by atoms with Crippen molar-refractivity contribution in [3.05, 3.63) is 25.3 Å². The van der Waals surface area contributed by atoms with E-state index in [4.69, 9.17) is 14.2 Å². The first-order chi connectivity index (χ1) is 11.7. The third-order valence-electron chi connectivity index (χ3n) is 2.81. The molecule has 7 nitrogen and oxygen atoms in total. The highest BCUT2D eigenvalue weighted by atomic mass is 16.5. The van der Waals surface area contributed by atoms with E-state index in [0.717, 1.165) is 12.8 Å². The third kappa shape index (κ3) is 16.7. The fourth-order valence-corrected chi connectivity index (χ4v) is 1.61. The lowest BCUT2D eigenvalue weighted by Gasteiger charge is -2.07. The molecule has 7 heteroatoms. The van der Waals surface area contributed by atoms with Crippen LogP contribution in [0.25, 0.3) is 0 Å². The second-order valence-electron chi connectivity index (χ2n) is 4.88. The molecule has 0 aliphatic carbocycles. The second kappa shape index (κ2) is 17.7. The molecule has 0 atom stereocenters. The van der Waals surface area contributed by atoms with E-state index in [1.54, 1.807) is 6.08 Å². The Bertz CT molecular complexity index is 361. The fourth-order valence-electron chi connectivity index (χ4n) is 1.61. The average Bonchev–Trinajstić information content (AvgIpc) is 2.58. The van der Waals surface area contributed by atoms with Crippen LogP contribution in [0.3, 0.4) is 0 Å². The first-order valence-electron chi connectivity index (χ1n) is 8.21. The molecule has 0 bridgehead atoms. The van der Waals surface area contributed by atoms with Crippen LogP contribution in [-0.4, -0.2) is 64.5 Å². The van der Waals surface area contributed by atoms with E-state index in [0.29, 0.717) is 59.2 Å². The zero-order valence-electron chi connectivity index (χ0n) is 14.4. The first kappa shape index (κ1) is 22.3. The van der Waals surface area contributed by atoms with Gasteiger partial charge in [-0.15, -0.1) is 6.58 Å². The predicted octanol–water partition coefficient (Wildman–Crippen LogP) is 0.811. The summed E-state index contributed by atoms with van der Waals surface area (Å²) >= 11 is 0. The van der Waals surface area contributed by atoms with E-state index in [1.807, 2.05) is 0 Å². The molecule has 0 heterocycles. The van der Waals surface area contributed by atoms with Gasteiger partial charge in [-0.05, 0) is 18.9 Å². The first-order valence-corrected chi connectivity index (χ1v) is 8.21. The minimum Gasteiger partial charge on any atom is -0.379 e. The highest BCUT2D eigenvalue weighted by Crippen LogP contribution is 1.86. The Labute approximate surface area is 144 Å². The summed E-state index contributed by atoms with van der Waals surface area (Å²) in [6.07, 6.45) is 4.70. The number of rotatable bonds is 17. The van der Waals surface area contributed by atoms with E-state index in [2.05, 4.69) is 23.8 Å². The SMILES string of the molecule is C=CCC(=O)NCCCOCCOCCOCCCNC(=O)C=C. The van der Waals surface area contributed by atoms with Crippen LogP contribution < -0.4 is 10.6 Å². The van der Waals surface area contributed by atoms with Crippen molar-refractivity contribution in [1.82, 2.24) is 10.6 Å². The van der Waals surface area contributed by atoms with Crippen molar-refractivity contribution < 1.29 is 23.8 Å². The summed E-state index contributed by atoms with van der Waals surface area (Å²) in [4.78, 5) is 22.0. The lowest BCUT2D eigenvalue weighted by atomic mass is 10.4. The third-order valence-corrected chi connectivity index (χ3v) is 2.81. The van der Waals surface area contributed by atoms with Gasteiger partial charge in [0.15, 0.2) is 0 Å². The highest BCUT2D eigenvalue weighted by Gasteiger charge is 1.97. The molecule has 0 saturated heterocycles. The Balaban J connectivity index is 3.10. The quantitative estimate of drug-likeness (QED) is 0.232. The molecular formula is C17H30N2O5. The van der Waals surface area contributed by atoms with Crippen LogP contribution in [0.5, 0.6) is 0 Å². The molecule has 0 aliphatic rings. The number of carbonyl (C=O) groups is 2. The summed E-state index contributed by atoms with van der Waals surface area (Å²) < 4.78 is 16.1. The van der Waals surface area contributed by atoms with Gasteiger partial charge in [0.05, 0.1) is 26.4 Å². The van der Waals surface area contributed by atoms with Crippen molar-refractivity contribution in [2.75, 3.05) is 52.7 Å². The van der Waals surface area contributed by atoms with Crippen LogP contribution in [-0.2, 0) is 23.8 Å². The van der Waals surface area contributed by atoms with E-state index < -0.39 is 0 Å².